The Bertz CT molecular complexity index is 309. The van der Waals surface area contributed by atoms with Gasteiger partial charge >= 0.3 is 0 Å². The Kier molecular flexibility index (Phi) is 2.49. The topological polar surface area (TPSA) is 12.0 Å². The van der Waals surface area contributed by atoms with Gasteiger partial charge in [-0.05, 0) is 30.0 Å². The van der Waals surface area contributed by atoms with E-state index < -0.39 is 0 Å². The van der Waals surface area contributed by atoms with E-state index in [0.717, 1.165) is 19.4 Å². The summed E-state index contributed by atoms with van der Waals surface area (Å²) in [6.45, 7) is 3.23. The zero-order valence-corrected chi connectivity index (χ0v) is 8.77. The average molecular weight is 193 g/mol. The van der Waals surface area contributed by atoms with Crippen LogP contribution in [0.25, 0.3) is 0 Å². The van der Waals surface area contributed by atoms with Gasteiger partial charge in [-0.3, -0.25) is 0 Å². The van der Waals surface area contributed by atoms with E-state index in [0.29, 0.717) is 5.25 Å². The highest BCUT2D eigenvalue weighted by Crippen LogP contribution is 2.34. The van der Waals surface area contributed by atoms with Gasteiger partial charge in [0.05, 0.1) is 0 Å². The summed E-state index contributed by atoms with van der Waals surface area (Å²) < 4.78 is 0. The van der Waals surface area contributed by atoms with Crippen molar-refractivity contribution in [1.29, 1.82) is 0 Å². The normalized spacial score (nSPS) is 20.6. The minimum atomic E-state index is 0.419. The predicted octanol–water partition coefficient (Wildman–Crippen LogP) is 3.04. The van der Waals surface area contributed by atoms with Gasteiger partial charge in [0.1, 0.15) is 0 Å². The first kappa shape index (κ1) is 8.95. The largest absolute Gasteiger partial charge is 0.385 e. The summed E-state index contributed by atoms with van der Waals surface area (Å²) in [7, 11) is 0. The minimum absolute atomic E-state index is 0.419. The number of anilines is 1. The molecule has 0 fully saturated rings. The van der Waals surface area contributed by atoms with Gasteiger partial charge in [0.15, 0.2) is 0 Å². The molecule has 0 aromatic heterocycles. The summed E-state index contributed by atoms with van der Waals surface area (Å²) in [5, 5.41) is 3.84. The summed E-state index contributed by atoms with van der Waals surface area (Å²) in [5.74, 6) is 0. The maximum Gasteiger partial charge on any atom is 0.0386 e. The van der Waals surface area contributed by atoms with Crippen LogP contribution in [0.15, 0.2) is 18.2 Å². The third-order valence-corrected chi connectivity index (χ3v) is 3.15. The first-order chi connectivity index (χ1) is 6.31. The summed E-state index contributed by atoms with van der Waals surface area (Å²) in [6, 6.07) is 6.66. The number of aryl methyl sites for hydroxylation is 1. The fraction of sp³-hybridized carbons (Fsp3) is 0.455. The van der Waals surface area contributed by atoms with Crippen LogP contribution in [0.5, 0.6) is 0 Å². The van der Waals surface area contributed by atoms with Crippen molar-refractivity contribution in [3.8, 4) is 0 Å². The van der Waals surface area contributed by atoms with Gasteiger partial charge in [-0.15, -0.1) is 0 Å². The quantitative estimate of drug-likeness (QED) is 0.653. The maximum absolute atomic E-state index is 4.56. The molecule has 1 atom stereocenters. The molecule has 0 radical (unpaired) electrons. The SMILES string of the molecule is CCc1ccc2c(c1)NCCC2S. The monoisotopic (exact) mass is 193 g/mol. The molecule has 1 heterocycles. The van der Waals surface area contributed by atoms with Crippen molar-refractivity contribution in [3.05, 3.63) is 29.3 Å². The molecule has 0 aliphatic carbocycles. The number of rotatable bonds is 1. The molecule has 1 aliphatic rings. The van der Waals surface area contributed by atoms with Crippen LogP contribution in [-0.4, -0.2) is 6.54 Å². The van der Waals surface area contributed by atoms with Crippen LogP contribution < -0.4 is 5.32 Å². The molecule has 70 valence electrons. The Morgan fingerprint density at radius 1 is 1.54 bits per heavy atom. The van der Waals surface area contributed by atoms with Gasteiger partial charge in [-0.25, -0.2) is 0 Å². The first-order valence-electron chi connectivity index (χ1n) is 4.86. The average Bonchev–Trinajstić information content (AvgIpc) is 2.18. The van der Waals surface area contributed by atoms with Crippen molar-refractivity contribution in [2.75, 3.05) is 11.9 Å². The number of thiol groups is 1. The molecule has 1 aromatic carbocycles. The first-order valence-corrected chi connectivity index (χ1v) is 5.37. The second-order valence-electron chi connectivity index (χ2n) is 3.51. The number of hydrogen-bond acceptors (Lipinski definition) is 2. The predicted molar refractivity (Wildman–Crippen MR) is 60.7 cm³/mol. The van der Waals surface area contributed by atoms with Crippen LogP contribution in [0.4, 0.5) is 5.69 Å². The van der Waals surface area contributed by atoms with Crippen LogP contribution in [0, 0.1) is 0 Å². The number of benzene rings is 1. The van der Waals surface area contributed by atoms with Crippen LogP contribution in [0.2, 0.25) is 0 Å². The van der Waals surface area contributed by atoms with Crippen LogP contribution in [0.3, 0.4) is 0 Å². The van der Waals surface area contributed by atoms with Crippen molar-refractivity contribution in [2.45, 2.75) is 25.0 Å². The van der Waals surface area contributed by atoms with Crippen molar-refractivity contribution >= 4 is 18.3 Å². The molecule has 0 bridgehead atoms. The molecule has 1 N–H and O–H groups in total. The zero-order valence-electron chi connectivity index (χ0n) is 7.88. The molecule has 1 nitrogen and oxygen atoms in total. The van der Waals surface area contributed by atoms with Gasteiger partial charge in [0.25, 0.3) is 0 Å². The highest BCUT2D eigenvalue weighted by atomic mass is 32.1. The van der Waals surface area contributed by atoms with Crippen molar-refractivity contribution in [2.24, 2.45) is 0 Å². The molecule has 0 saturated carbocycles. The molecule has 0 spiro atoms. The molecule has 2 heteroatoms. The van der Waals surface area contributed by atoms with Crippen LogP contribution >= 0.6 is 12.6 Å². The molecule has 2 rings (SSSR count). The van der Waals surface area contributed by atoms with E-state index in [9.17, 15) is 0 Å². The van der Waals surface area contributed by atoms with Gasteiger partial charge in [-0.2, -0.15) is 12.6 Å². The molecule has 13 heavy (non-hydrogen) atoms. The van der Waals surface area contributed by atoms with Crippen molar-refractivity contribution < 1.29 is 0 Å². The fourth-order valence-corrected chi connectivity index (χ4v) is 2.12. The van der Waals surface area contributed by atoms with Gasteiger partial charge in [0.2, 0.25) is 0 Å². The second-order valence-corrected chi connectivity index (χ2v) is 4.13. The molecular formula is C11H15NS. The number of fused-ring (bicyclic) bond motifs is 1. The van der Waals surface area contributed by atoms with E-state index in [1.165, 1.54) is 16.8 Å². The van der Waals surface area contributed by atoms with Gasteiger partial charge in [-0.1, -0.05) is 19.1 Å². The third kappa shape index (κ3) is 1.68. The Morgan fingerprint density at radius 2 is 2.38 bits per heavy atom. The lowest BCUT2D eigenvalue weighted by molar-refractivity contribution is 0.814. The summed E-state index contributed by atoms with van der Waals surface area (Å²) in [6.07, 6.45) is 2.23. The summed E-state index contributed by atoms with van der Waals surface area (Å²) in [4.78, 5) is 0. The Balaban J connectivity index is 2.39. The van der Waals surface area contributed by atoms with Gasteiger partial charge in [0, 0.05) is 17.5 Å². The van der Waals surface area contributed by atoms with E-state index >= 15 is 0 Å². The molecular weight excluding hydrogens is 178 g/mol. The van der Waals surface area contributed by atoms with E-state index in [2.05, 4.69) is 43.1 Å². The minimum Gasteiger partial charge on any atom is -0.385 e. The van der Waals surface area contributed by atoms with E-state index in [1.807, 2.05) is 0 Å². The lowest BCUT2D eigenvalue weighted by Crippen LogP contribution is -2.13. The van der Waals surface area contributed by atoms with Crippen molar-refractivity contribution in [3.63, 3.8) is 0 Å². The smallest absolute Gasteiger partial charge is 0.0386 e. The molecule has 1 unspecified atom stereocenters. The lowest BCUT2D eigenvalue weighted by Gasteiger charge is -2.23. The van der Waals surface area contributed by atoms with E-state index in [-0.39, 0.29) is 0 Å². The zero-order chi connectivity index (χ0) is 9.26. The Hall–Kier alpha value is -0.630. The summed E-state index contributed by atoms with van der Waals surface area (Å²) in [5.41, 5.74) is 4.03. The van der Waals surface area contributed by atoms with Crippen LogP contribution in [0.1, 0.15) is 29.7 Å². The highest BCUT2D eigenvalue weighted by Gasteiger charge is 2.15. The van der Waals surface area contributed by atoms with Gasteiger partial charge < -0.3 is 5.32 Å². The molecule has 0 saturated heterocycles. The van der Waals surface area contributed by atoms with E-state index in [1.54, 1.807) is 0 Å². The highest BCUT2D eigenvalue weighted by molar-refractivity contribution is 7.80. The third-order valence-electron chi connectivity index (χ3n) is 2.62. The Morgan fingerprint density at radius 3 is 3.15 bits per heavy atom. The Labute approximate surface area is 85.0 Å². The fourth-order valence-electron chi connectivity index (χ4n) is 1.77. The molecule has 1 aliphatic heterocycles. The molecule has 0 amide bonds. The standard InChI is InChI=1S/C11H15NS/c1-2-8-3-4-9-10(7-8)12-6-5-11(9)13/h3-4,7,11-13H,2,5-6H2,1H3. The van der Waals surface area contributed by atoms with E-state index in [4.69, 9.17) is 0 Å². The summed E-state index contributed by atoms with van der Waals surface area (Å²) >= 11 is 4.56. The number of hydrogen-bond donors (Lipinski definition) is 2. The van der Waals surface area contributed by atoms with Crippen molar-refractivity contribution in [1.82, 2.24) is 0 Å². The molecule has 1 aromatic rings. The maximum atomic E-state index is 4.56. The number of nitrogens with one attached hydrogen (secondary N) is 1. The van der Waals surface area contributed by atoms with Crippen LogP contribution in [-0.2, 0) is 6.42 Å². The lowest BCUT2D eigenvalue weighted by atomic mass is 10.00. The second kappa shape index (κ2) is 3.62.